The van der Waals surface area contributed by atoms with Crippen LogP contribution in [0.25, 0.3) is 8.25 Å². The largest absolute Gasteiger partial charge is 0.748 e. The lowest BCUT2D eigenvalue weighted by molar-refractivity contribution is -0.328. The maximum Gasteiger partial charge on any atom is 0.391 e. The van der Waals surface area contributed by atoms with Gasteiger partial charge in [0.1, 0.15) is 47.3 Å². The molecule has 9 rings (SSSR count). The number of carboxylic acid groups (broad SMARTS) is 3. The highest BCUT2D eigenvalue weighted by molar-refractivity contribution is 8.14. The van der Waals surface area contributed by atoms with Crippen molar-refractivity contribution in [1.82, 2.24) is 0 Å². The number of rotatable bonds is 6. The number of sulfonamides is 4. The molecule has 0 saturated carbocycles. The fourth-order valence-electron chi connectivity index (χ4n) is 6.63. The molecule has 0 radical (unpaired) electrons. The molecule has 129 heavy (non-hydrogen) atoms. The van der Waals surface area contributed by atoms with Crippen molar-refractivity contribution in [3.05, 3.63) is 259 Å². The van der Waals surface area contributed by atoms with Crippen LogP contribution in [0.3, 0.4) is 0 Å². The second kappa shape index (κ2) is 64.7. The van der Waals surface area contributed by atoms with Crippen LogP contribution in [-0.2, 0) is 126 Å². The lowest BCUT2D eigenvalue weighted by atomic mass is 9.87. The zero-order valence-electron chi connectivity index (χ0n) is 72.7. The van der Waals surface area contributed by atoms with E-state index in [4.69, 9.17) is 78.1 Å². The van der Waals surface area contributed by atoms with Crippen molar-refractivity contribution in [2.45, 2.75) is 145 Å². The predicted octanol–water partition coefficient (Wildman–Crippen LogP) is -9.62. The van der Waals surface area contributed by atoms with Gasteiger partial charge in [-0.05, 0) is 207 Å². The molecule has 1 aliphatic heterocycles. The number of hydrogen-bond acceptors (Lipinski definition) is 25. The topological polar surface area (TPSA) is 475 Å². The van der Waals surface area contributed by atoms with E-state index in [1.807, 2.05) is 251 Å². The van der Waals surface area contributed by atoms with Crippen molar-refractivity contribution in [3.8, 4) is 11.5 Å². The summed E-state index contributed by atoms with van der Waals surface area (Å²) in [5, 5.41) is 11.3. The highest BCUT2D eigenvalue weighted by atomic mass is 127. The number of carbonyl (C=O) groups is 3. The molecule has 1 fully saturated rings. The van der Waals surface area contributed by atoms with Gasteiger partial charge in [-0.2, -0.15) is 35.1 Å². The number of halogens is 14. The van der Waals surface area contributed by atoms with Crippen LogP contribution in [0.2, 0.25) is 0 Å². The van der Waals surface area contributed by atoms with Gasteiger partial charge in [0.05, 0.1) is 54.6 Å². The summed E-state index contributed by atoms with van der Waals surface area (Å²) in [4.78, 5) is 28.9. The Kier molecular flexibility index (Phi) is 69.1. The van der Waals surface area contributed by atoms with Crippen molar-refractivity contribution >= 4 is 114 Å². The number of benzene rings is 8. The van der Waals surface area contributed by atoms with E-state index in [9.17, 15) is 68.8 Å². The van der Waals surface area contributed by atoms with E-state index in [1.54, 1.807) is 22.5 Å². The van der Waals surface area contributed by atoms with E-state index in [0.717, 1.165) is 42.1 Å². The molecule has 27 nitrogen and oxygen atoms in total. The van der Waals surface area contributed by atoms with Crippen molar-refractivity contribution < 1.29 is 282 Å². The Balaban J connectivity index is -0.000000250. The predicted molar refractivity (Wildman–Crippen MR) is 460 cm³/mol. The van der Waals surface area contributed by atoms with E-state index in [2.05, 4.69) is 185 Å². The van der Waals surface area contributed by atoms with Crippen molar-refractivity contribution in [3.63, 3.8) is 0 Å². The van der Waals surface area contributed by atoms with Gasteiger partial charge in [0.25, 0.3) is 136 Å². The summed E-state index contributed by atoms with van der Waals surface area (Å²) in [6, 6.07) is 72.4. The molecule has 8 aromatic rings. The van der Waals surface area contributed by atoms with Crippen molar-refractivity contribution in [1.29, 1.82) is 0 Å². The molecule has 0 spiro atoms. The van der Waals surface area contributed by atoms with Gasteiger partial charge in [-0.25, -0.2) is 58.9 Å². The Labute approximate surface area is 846 Å². The summed E-state index contributed by atoms with van der Waals surface area (Å²) in [7, 11) is -30.8. The fraction of sp³-hybridized carbons (Fsp3) is 0.354. The summed E-state index contributed by atoms with van der Waals surface area (Å²) >= 11 is 18.9. The van der Waals surface area contributed by atoms with E-state index < -0.39 is 116 Å². The molecule has 0 bridgehead atoms. The molecule has 734 valence electrons. The number of carbonyl (C=O) groups excluding carboxylic acids is 3. The van der Waals surface area contributed by atoms with Crippen LogP contribution < -0.4 is 160 Å². The molecule has 8 aromatic carbocycles. The SMILES string of the molecule is CC(=O)[O-].CC(=O)[O-].CC(=O)[O-].CC(C)(C)c1ccc([IH+])cc1.CC(C)(C)c1ccc([IH+])cc1.CC(C)(C)c1ccc([SH2+])cc1.CC(F)(F)C(F)(F)S(=O)(=O)[N-]S(C)(=O)=O.CC1C(F)(F)S(=O)(=O)[N-]S(=O)(=O)C1(F)F.COc1ccc([IH+])cc1.COc1ccc([IH+])cc1.CS(=O)(=O)[O-].CS(=O)(=O)[O-].CS(=O)(=O)[O-].[IH+]c1ccccc1.[IH+]c1ccccc1.[SH2+]c1ccccc1. The Bertz CT molecular complexity index is 4940. The Morgan fingerprint density at radius 1 is 0.388 bits per heavy atom. The molecule has 1 aliphatic rings. The lowest BCUT2D eigenvalue weighted by Gasteiger charge is -2.42. The van der Waals surface area contributed by atoms with Gasteiger partial charge in [-0.15, -0.1) is 0 Å². The number of aliphatic carboxylic acids is 3. The normalized spacial score (nSPS) is 13.1. The fourth-order valence-corrected chi connectivity index (χ4v) is 14.8. The van der Waals surface area contributed by atoms with Crippen LogP contribution in [-0.4, -0.2) is 151 Å². The molecular weight excluding hydrogens is 2580 g/mol. The van der Waals surface area contributed by atoms with Crippen LogP contribution in [0.4, 0.5) is 35.1 Å². The van der Waals surface area contributed by atoms with Crippen LogP contribution >= 0.6 is 0 Å². The van der Waals surface area contributed by atoms with E-state index in [-0.39, 0.29) is 36.3 Å². The summed E-state index contributed by atoms with van der Waals surface area (Å²) in [6.45, 7) is 22.7. The summed E-state index contributed by atoms with van der Waals surface area (Å²) in [6.07, 6.45) is 2.00. The zero-order chi connectivity index (χ0) is 103. The minimum absolute atomic E-state index is 0.129. The average Bonchev–Trinajstić information content (AvgIpc) is 0.717. The van der Waals surface area contributed by atoms with Gasteiger partial charge in [-0.1, -0.05) is 153 Å². The molecule has 1 saturated heterocycles. The van der Waals surface area contributed by atoms with E-state index >= 15 is 0 Å². The first-order valence-corrected chi connectivity index (χ1v) is 54.6. The molecule has 1 heterocycles. The molecular formula is C79H106F8I6N2O25S9. The second-order valence-electron chi connectivity index (χ2n) is 27.9. The van der Waals surface area contributed by atoms with Gasteiger partial charge in [0.2, 0.25) is 0 Å². The van der Waals surface area contributed by atoms with Gasteiger partial charge < -0.3 is 61.1 Å². The van der Waals surface area contributed by atoms with Gasteiger partial charge in [0.15, 0.2) is 31.4 Å². The Morgan fingerprint density at radius 3 is 0.721 bits per heavy atom. The smallest absolute Gasteiger partial charge is 0.391 e. The highest BCUT2D eigenvalue weighted by Crippen LogP contribution is 2.52. The molecule has 0 aromatic heterocycles. The Hall–Kier alpha value is -4.26. The van der Waals surface area contributed by atoms with Crippen LogP contribution in [0, 0.1) is 27.3 Å². The number of methoxy groups -OCH3 is 2. The Morgan fingerprint density at radius 2 is 0.566 bits per heavy atom. The number of hydrogen-bond donors (Lipinski definition) is 0. The monoisotopic (exact) mass is 2680 g/mol. The van der Waals surface area contributed by atoms with Gasteiger partial charge >= 0.3 is 21.7 Å². The third-order valence-corrected chi connectivity index (χ3v) is 24.4. The van der Waals surface area contributed by atoms with Crippen LogP contribution in [0.5, 0.6) is 11.5 Å². The molecule has 0 aliphatic carbocycles. The number of ether oxygens (including phenoxy) is 2. The van der Waals surface area contributed by atoms with E-state index in [0.29, 0.717) is 18.8 Å². The maximum atomic E-state index is 12.8. The zero-order valence-corrected chi connectivity index (χ0v) is 94.4. The van der Waals surface area contributed by atoms with Crippen LogP contribution in [0.1, 0.15) is 114 Å². The second-order valence-corrected chi connectivity index (χ2v) is 48.4. The van der Waals surface area contributed by atoms with Gasteiger partial charge in [0, 0.05) is 49.9 Å². The number of carboxylic acids is 3. The first kappa shape index (κ1) is 138. The number of alkyl halides is 8. The quantitative estimate of drug-likeness (QED) is 0.0645. The summed E-state index contributed by atoms with van der Waals surface area (Å²) in [5.41, 5.74) is 5.03. The first-order valence-electron chi connectivity index (χ1n) is 35.0. The van der Waals surface area contributed by atoms with Crippen LogP contribution in [0.15, 0.2) is 222 Å². The minimum atomic E-state index is -6.12. The van der Waals surface area contributed by atoms with E-state index in [1.165, 1.54) is 38.1 Å². The average molecular weight is 2690 g/mol. The van der Waals surface area contributed by atoms with Crippen molar-refractivity contribution in [2.75, 3.05) is 39.2 Å². The summed E-state index contributed by atoms with van der Waals surface area (Å²) in [5.74, 6) is -9.53. The first-order chi connectivity index (χ1) is 57.6. The summed E-state index contributed by atoms with van der Waals surface area (Å²) < 4.78 is 287. The van der Waals surface area contributed by atoms with Gasteiger partial charge in [-0.3, -0.25) is 0 Å². The molecule has 50 heteroatoms. The molecule has 0 N–H and O–H groups in total. The lowest BCUT2D eigenvalue weighted by Crippen LogP contribution is -3.34. The molecule has 0 unspecified atom stereocenters. The maximum absolute atomic E-state index is 12.8. The highest BCUT2D eigenvalue weighted by Gasteiger charge is 2.65. The third kappa shape index (κ3) is 79.6. The third-order valence-electron chi connectivity index (χ3n) is 12.5. The minimum Gasteiger partial charge on any atom is -0.748 e. The van der Waals surface area contributed by atoms with Crippen molar-refractivity contribution in [2.24, 2.45) is 5.92 Å². The molecule has 0 amide bonds. The molecule has 0 atom stereocenters. The number of nitrogens with zero attached hydrogens (tertiary/aromatic N) is 2. The standard InChI is InChI=1S/2C10H14I.C10H14S.2C7H8IO.2C6H6I.C6H6S.C4H4F4NO4S2.C4H6F4NO4S2.3C2H4O2.3CH4O3S/c3*1-10(2,3)8-4-6-9(11)7-5-8;2*1-9-7-4-2-6(8)3-5-7;3*7-6-4-2-1-3-5-6;1-2-3(5,6)14(10,11)9-15(12,13)4(2,7)8;1-3(5,6)4(7,8)15(12,13)9-14(2,10)11;3*1-2(3)4;3*1-5(2,3)4/h3*4-7,11H,1-3H3;2*2-5,8H,1H3;3*1-5,7H;2H,1H3;1-2H3;3*1H3,(H,3,4);3*1H3,(H,2,3,4)/q2*+1;;4*+1;;2*-1;;;;;;/p-4.